The van der Waals surface area contributed by atoms with Gasteiger partial charge in [-0.2, -0.15) is 0 Å². The Balaban J connectivity index is 1.75. The summed E-state index contributed by atoms with van der Waals surface area (Å²) in [4.78, 5) is 15.9. The zero-order valence-electron chi connectivity index (χ0n) is 14.2. The first-order chi connectivity index (χ1) is 11.0. The molecule has 1 amide bonds. The molecule has 1 aliphatic rings. The Bertz CT molecular complexity index is 484. The molecular formula is C18H29N3O2. The lowest BCUT2D eigenvalue weighted by Crippen LogP contribution is -2.44. The molecule has 1 fully saturated rings. The van der Waals surface area contributed by atoms with Crippen LogP contribution < -0.4 is 5.73 Å². The lowest BCUT2D eigenvalue weighted by Gasteiger charge is -2.35. The number of amides is 1. The van der Waals surface area contributed by atoms with Gasteiger partial charge in [-0.25, -0.2) is 0 Å². The normalized spacial score (nSPS) is 19.3. The molecule has 5 nitrogen and oxygen atoms in total. The number of hydrogen-bond acceptors (Lipinski definition) is 4. The van der Waals surface area contributed by atoms with E-state index in [0.717, 1.165) is 38.0 Å². The number of hydrogen-bond donors (Lipinski definition) is 2. The molecule has 5 heteroatoms. The van der Waals surface area contributed by atoms with Gasteiger partial charge in [0.1, 0.15) is 0 Å². The number of nitrogens with zero attached hydrogens (tertiary/aromatic N) is 2. The van der Waals surface area contributed by atoms with Gasteiger partial charge in [0.25, 0.3) is 0 Å². The predicted molar refractivity (Wildman–Crippen MR) is 91.9 cm³/mol. The Morgan fingerprint density at radius 1 is 1.35 bits per heavy atom. The third-order valence-corrected chi connectivity index (χ3v) is 4.62. The highest BCUT2D eigenvalue weighted by Gasteiger charge is 2.24. The molecule has 128 valence electrons. The van der Waals surface area contributed by atoms with Crippen molar-refractivity contribution in [1.29, 1.82) is 0 Å². The highest BCUT2D eigenvalue weighted by molar-refractivity contribution is 5.80. The van der Waals surface area contributed by atoms with E-state index in [-0.39, 0.29) is 5.91 Å². The Morgan fingerprint density at radius 2 is 1.96 bits per heavy atom. The maximum atomic E-state index is 11.8. The van der Waals surface area contributed by atoms with E-state index in [4.69, 9.17) is 5.73 Å². The minimum Gasteiger partial charge on any atom is -0.387 e. The molecule has 0 saturated carbocycles. The van der Waals surface area contributed by atoms with Crippen molar-refractivity contribution in [2.24, 2.45) is 11.7 Å². The minimum absolute atomic E-state index is 0.00642. The van der Waals surface area contributed by atoms with Crippen LogP contribution in [0.25, 0.3) is 0 Å². The first-order valence-corrected chi connectivity index (χ1v) is 8.43. The van der Waals surface area contributed by atoms with Gasteiger partial charge in [-0.3, -0.25) is 4.79 Å². The number of carbonyl (C=O) groups is 1. The second-order valence-electron chi connectivity index (χ2n) is 6.68. The molecule has 0 spiro atoms. The Kier molecular flexibility index (Phi) is 6.57. The number of aliphatic hydroxyl groups excluding tert-OH is 1. The number of nitrogens with two attached hydrogens (primary N) is 1. The van der Waals surface area contributed by atoms with Crippen molar-refractivity contribution in [2.75, 3.05) is 33.2 Å². The van der Waals surface area contributed by atoms with Gasteiger partial charge in [0.2, 0.25) is 5.91 Å². The van der Waals surface area contributed by atoms with E-state index in [9.17, 15) is 9.90 Å². The Labute approximate surface area is 139 Å². The molecular weight excluding hydrogens is 290 g/mol. The maximum absolute atomic E-state index is 11.8. The van der Waals surface area contributed by atoms with Crippen LogP contribution in [0.15, 0.2) is 30.3 Å². The standard InChI is InChI=1S/C18H29N3O2/c1-14(19)18(23)20(2)12-15-8-10-21(11-9-15)13-17(22)16-6-4-3-5-7-16/h3-7,14-15,17,22H,8-13,19H2,1-2H3/t14-,17?/m1/s1. The van der Waals surface area contributed by atoms with Crippen molar-refractivity contribution in [2.45, 2.75) is 31.9 Å². The van der Waals surface area contributed by atoms with Crippen molar-refractivity contribution >= 4 is 5.91 Å². The molecule has 0 bridgehead atoms. The molecule has 2 atom stereocenters. The zero-order valence-corrected chi connectivity index (χ0v) is 14.2. The Hall–Kier alpha value is -1.43. The van der Waals surface area contributed by atoms with Gasteiger partial charge >= 0.3 is 0 Å². The minimum atomic E-state index is -0.435. The first kappa shape index (κ1) is 17.9. The average molecular weight is 319 g/mol. The van der Waals surface area contributed by atoms with Crippen LogP contribution in [-0.4, -0.2) is 60.1 Å². The van der Waals surface area contributed by atoms with Crippen molar-refractivity contribution in [1.82, 2.24) is 9.80 Å². The molecule has 23 heavy (non-hydrogen) atoms. The largest absolute Gasteiger partial charge is 0.387 e. The van der Waals surface area contributed by atoms with Gasteiger partial charge in [-0.1, -0.05) is 30.3 Å². The average Bonchev–Trinajstić information content (AvgIpc) is 2.56. The number of piperidine rings is 1. The van der Waals surface area contributed by atoms with Gasteiger partial charge in [-0.05, 0) is 44.3 Å². The number of benzene rings is 1. The molecule has 1 unspecified atom stereocenters. The summed E-state index contributed by atoms with van der Waals surface area (Å²) in [7, 11) is 1.83. The molecule has 0 aromatic heterocycles. The number of likely N-dealkylation sites (tertiary alicyclic amines) is 1. The smallest absolute Gasteiger partial charge is 0.238 e. The second kappa shape index (κ2) is 8.43. The lowest BCUT2D eigenvalue weighted by molar-refractivity contribution is -0.131. The van der Waals surface area contributed by atoms with Crippen molar-refractivity contribution in [3.63, 3.8) is 0 Å². The molecule has 3 N–H and O–H groups in total. The van der Waals surface area contributed by atoms with Crippen molar-refractivity contribution < 1.29 is 9.90 Å². The van der Waals surface area contributed by atoms with Crippen LogP contribution in [0.2, 0.25) is 0 Å². The fourth-order valence-corrected chi connectivity index (χ4v) is 3.20. The summed E-state index contributed by atoms with van der Waals surface area (Å²) in [5.41, 5.74) is 6.62. The number of aliphatic hydroxyl groups is 1. The lowest BCUT2D eigenvalue weighted by atomic mass is 9.95. The summed E-state index contributed by atoms with van der Waals surface area (Å²) >= 11 is 0. The summed E-state index contributed by atoms with van der Waals surface area (Å²) in [6.07, 6.45) is 1.67. The van der Waals surface area contributed by atoms with Crippen LogP contribution in [0.3, 0.4) is 0 Å². The van der Waals surface area contributed by atoms with Gasteiger partial charge in [0, 0.05) is 20.1 Å². The van der Waals surface area contributed by atoms with Gasteiger partial charge in [0.05, 0.1) is 12.1 Å². The van der Waals surface area contributed by atoms with Crippen LogP contribution in [0.1, 0.15) is 31.4 Å². The predicted octanol–water partition coefficient (Wildman–Crippen LogP) is 1.24. The van der Waals surface area contributed by atoms with Crippen LogP contribution in [0.4, 0.5) is 0 Å². The number of β-amino-alcohol motifs (C(OH)–C–C–N with tert-alkyl or cyclic N) is 1. The summed E-state index contributed by atoms with van der Waals surface area (Å²) in [5.74, 6) is 0.528. The third-order valence-electron chi connectivity index (χ3n) is 4.62. The fraction of sp³-hybridized carbons (Fsp3) is 0.611. The van der Waals surface area contributed by atoms with Gasteiger partial charge < -0.3 is 20.6 Å². The molecule has 0 aliphatic carbocycles. The van der Waals surface area contributed by atoms with E-state index >= 15 is 0 Å². The Morgan fingerprint density at radius 3 is 2.52 bits per heavy atom. The topological polar surface area (TPSA) is 69.8 Å². The highest BCUT2D eigenvalue weighted by atomic mass is 16.3. The summed E-state index contributed by atoms with van der Waals surface area (Å²) in [6.45, 7) is 5.11. The van der Waals surface area contributed by atoms with Crippen LogP contribution >= 0.6 is 0 Å². The third kappa shape index (κ3) is 5.30. The van der Waals surface area contributed by atoms with E-state index in [2.05, 4.69) is 4.90 Å². The fourth-order valence-electron chi connectivity index (χ4n) is 3.20. The number of rotatable bonds is 6. The van der Waals surface area contributed by atoms with Crippen molar-refractivity contribution in [3.05, 3.63) is 35.9 Å². The summed E-state index contributed by atoms with van der Waals surface area (Å²) in [6, 6.07) is 9.37. The van der Waals surface area contributed by atoms with Gasteiger partial charge in [0.15, 0.2) is 0 Å². The molecule has 1 heterocycles. The molecule has 1 saturated heterocycles. The van der Waals surface area contributed by atoms with Crippen LogP contribution in [0.5, 0.6) is 0 Å². The molecule has 1 aliphatic heterocycles. The van der Waals surface area contributed by atoms with E-state index in [1.165, 1.54) is 0 Å². The monoisotopic (exact) mass is 319 g/mol. The SMILES string of the molecule is C[C@@H](N)C(=O)N(C)CC1CCN(CC(O)c2ccccc2)CC1. The first-order valence-electron chi connectivity index (χ1n) is 8.43. The van der Waals surface area contributed by atoms with E-state index in [1.54, 1.807) is 11.8 Å². The maximum Gasteiger partial charge on any atom is 0.238 e. The molecule has 2 rings (SSSR count). The van der Waals surface area contributed by atoms with Crippen LogP contribution in [0, 0.1) is 5.92 Å². The molecule has 1 aromatic carbocycles. The van der Waals surface area contributed by atoms with E-state index in [1.807, 2.05) is 37.4 Å². The molecule has 1 aromatic rings. The van der Waals surface area contributed by atoms with Crippen LogP contribution in [-0.2, 0) is 4.79 Å². The van der Waals surface area contributed by atoms with E-state index in [0.29, 0.717) is 12.5 Å². The molecule has 0 radical (unpaired) electrons. The highest BCUT2D eigenvalue weighted by Crippen LogP contribution is 2.21. The zero-order chi connectivity index (χ0) is 16.8. The summed E-state index contributed by atoms with van der Waals surface area (Å²) < 4.78 is 0. The van der Waals surface area contributed by atoms with Gasteiger partial charge in [-0.15, -0.1) is 0 Å². The van der Waals surface area contributed by atoms with E-state index < -0.39 is 12.1 Å². The van der Waals surface area contributed by atoms with Crippen molar-refractivity contribution in [3.8, 4) is 0 Å². The number of carbonyl (C=O) groups excluding carboxylic acids is 1. The quantitative estimate of drug-likeness (QED) is 0.828. The second-order valence-corrected chi connectivity index (χ2v) is 6.68. The number of likely N-dealkylation sites (N-methyl/N-ethyl adjacent to an activating group) is 1. The summed E-state index contributed by atoms with van der Waals surface area (Å²) in [5, 5.41) is 10.3.